The van der Waals surface area contributed by atoms with E-state index in [0.29, 0.717) is 0 Å². The summed E-state index contributed by atoms with van der Waals surface area (Å²) < 4.78 is 4.58. The predicted octanol–water partition coefficient (Wildman–Crippen LogP) is 2.26. The zero-order valence-corrected chi connectivity index (χ0v) is 10.8. The molecule has 1 aliphatic rings. The van der Waals surface area contributed by atoms with Gasteiger partial charge in [0.15, 0.2) is 11.4 Å². The van der Waals surface area contributed by atoms with E-state index in [9.17, 15) is 0 Å². The number of thiazole rings is 1. The van der Waals surface area contributed by atoms with E-state index in [2.05, 4.69) is 31.1 Å². The minimum atomic E-state index is 0.942. The molecule has 0 saturated heterocycles. The van der Waals surface area contributed by atoms with Crippen LogP contribution in [0.5, 0.6) is 0 Å². The molecule has 0 fully saturated rings. The highest BCUT2D eigenvalue weighted by atomic mass is 32.1. The molecule has 0 amide bonds. The normalized spacial score (nSPS) is 13.1. The second-order valence-electron chi connectivity index (χ2n) is 4.73. The third-order valence-electron chi connectivity index (χ3n) is 3.71. The van der Waals surface area contributed by atoms with Crippen molar-refractivity contribution in [1.29, 1.82) is 0 Å². The van der Waals surface area contributed by atoms with Crippen LogP contribution in [0.2, 0.25) is 0 Å². The Kier molecular flexibility index (Phi) is 1.62. The average Bonchev–Trinajstić information content (AvgIpc) is 3.07. The van der Waals surface area contributed by atoms with Crippen LogP contribution in [0.25, 0.3) is 26.4 Å². The quantitative estimate of drug-likeness (QED) is 0.402. The van der Waals surface area contributed by atoms with Gasteiger partial charge in [-0.25, -0.2) is 0 Å². The molecule has 0 aliphatic carbocycles. The Balaban J connectivity index is 1.93. The second-order valence-corrected chi connectivity index (χ2v) is 5.71. The molecule has 0 atom stereocenters. The molecule has 5 heterocycles. The fourth-order valence-electron chi connectivity index (χ4n) is 2.82. The van der Waals surface area contributed by atoms with Gasteiger partial charge in [0.05, 0.1) is 17.3 Å². The van der Waals surface area contributed by atoms with Crippen molar-refractivity contribution < 1.29 is 4.57 Å². The maximum absolute atomic E-state index is 4.25. The maximum Gasteiger partial charge on any atom is 0.273 e. The lowest BCUT2D eigenvalue weighted by Crippen LogP contribution is -2.29. The lowest BCUT2D eigenvalue weighted by Gasteiger charge is -1.91. The summed E-state index contributed by atoms with van der Waals surface area (Å²) >= 11 is 1.82. The van der Waals surface area contributed by atoms with Crippen molar-refractivity contribution in [3.8, 4) is 10.6 Å². The summed E-state index contributed by atoms with van der Waals surface area (Å²) in [5, 5.41) is 1.30. The topological polar surface area (TPSA) is 34.1 Å². The van der Waals surface area contributed by atoms with Gasteiger partial charge in [-0.3, -0.25) is 14.4 Å². The SMILES string of the molecule is c1cc2c(cn1)-c1sc3c(cc4cnccn43)[n+]1C2. The smallest absolute Gasteiger partial charge is 0.273 e. The third-order valence-corrected chi connectivity index (χ3v) is 4.94. The Bertz CT molecular complexity index is 951. The van der Waals surface area contributed by atoms with Gasteiger partial charge in [-0.15, -0.1) is 0 Å². The molecule has 0 radical (unpaired) electrons. The summed E-state index contributed by atoms with van der Waals surface area (Å²) in [7, 11) is 0. The van der Waals surface area contributed by atoms with E-state index in [0.717, 1.165) is 12.1 Å². The van der Waals surface area contributed by atoms with Gasteiger partial charge < -0.3 is 0 Å². The van der Waals surface area contributed by atoms with E-state index in [1.807, 2.05) is 42.3 Å². The molecular weight excluding hydrogens is 256 g/mol. The van der Waals surface area contributed by atoms with E-state index in [1.54, 1.807) is 0 Å². The van der Waals surface area contributed by atoms with E-state index in [-0.39, 0.29) is 0 Å². The Morgan fingerprint density at radius 1 is 1.21 bits per heavy atom. The molecule has 19 heavy (non-hydrogen) atoms. The Hall–Kier alpha value is -2.27. The zero-order valence-electron chi connectivity index (χ0n) is 9.95. The van der Waals surface area contributed by atoms with Crippen molar-refractivity contribution in [3.63, 3.8) is 0 Å². The number of aromatic nitrogens is 4. The lowest BCUT2D eigenvalue weighted by atomic mass is 10.2. The molecule has 4 aromatic heterocycles. The molecule has 1 aliphatic heterocycles. The van der Waals surface area contributed by atoms with Crippen LogP contribution in [0.3, 0.4) is 0 Å². The molecular formula is C14H9N4S+. The van der Waals surface area contributed by atoms with Crippen LogP contribution in [0, 0.1) is 0 Å². The van der Waals surface area contributed by atoms with E-state index < -0.39 is 0 Å². The van der Waals surface area contributed by atoms with Crippen LogP contribution in [0.4, 0.5) is 0 Å². The van der Waals surface area contributed by atoms with Gasteiger partial charge in [-0.05, 0) is 17.4 Å². The average molecular weight is 265 g/mol. The minimum absolute atomic E-state index is 0.942. The number of pyridine rings is 1. The van der Waals surface area contributed by atoms with E-state index in [1.165, 1.54) is 26.5 Å². The van der Waals surface area contributed by atoms with Crippen LogP contribution in [-0.4, -0.2) is 14.4 Å². The van der Waals surface area contributed by atoms with Crippen LogP contribution < -0.4 is 4.57 Å². The van der Waals surface area contributed by atoms with E-state index in [4.69, 9.17) is 0 Å². The van der Waals surface area contributed by atoms with Gasteiger partial charge in [0, 0.05) is 36.4 Å². The standard InChI is InChI=1S/C14H9N4S/c1-2-15-7-11-9(1)8-18-12-5-10-6-16-3-4-17(10)14(12)19-13(11)18/h1-7H,8H2/q+1. The number of rotatable bonds is 0. The molecule has 0 saturated carbocycles. The summed E-state index contributed by atoms with van der Waals surface area (Å²) in [4.78, 5) is 9.71. The lowest BCUT2D eigenvalue weighted by molar-refractivity contribution is -0.641. The second kappa shape index (κ2) is 3.19. The highest BCUT2D eigenvalue weighted by Gasteiger charge is 2.33. The first-order valence-corrected chi connectivity index (χ1v) is 6.94. The molecule has 5 heteroatoms. The number of nitrogens with zero attached hydrogens (tertiary/aromatic N) is 4. The highest BCUT2D eigenvalue weighted by molar-refractivity contribution is 7.20. The van der Waals surface area contributed by atoms with Crippen LogP contribution in [-0.2, 0) is 6.54 Å². The molecule has 0 spiro atoms. The molecule has 0 aromatic carbocycles. The van der Waals surface area contributed by atoms with Crippen LogP contribution in [0.1, 0.15) is 5.56 Å². The number of hydrogen-bond acceptors (Lipinski definition) is 3. The summed E-state index contributed by atoms with van der Waals surface area (Å²) in [6, 6.07) is 4.32. The van der Waals surface area contributed by atoms with Crippen molar-refractivity contribution >= 4 is 27.2 Å². The molecule has 4 nitrogen and oxygen atoms in total. The number of hydrogen-bond donors (Lipinski definition) is 0. The van der Waals surface area contributed by atoms with Gasteiger partial charge in [0.2, 0.25) is 5.52 Å². The van der Waals surface area contributed by atoms with Gasteiger partial charge in [0.25, 0.3) is 5.01 Å². The zero-order chi connectivity index (χ0) is 12.4. The van der Waals surface area contributed by atoms with Gasteiger partial charge in [-0.1, -0.05) is 0 Å². The summed E-state index contributed by atoms with van der Waals surface area (Å²) in [5.74, 6) is 0. The highest BCUT2D eigenvalue weighted by Crippen LogP contribution is 2.35. The van der Waals surface area contributed by atoms with Crippen LogP contribution >= 0.6 is 11.3 Å². The number of fused-ring (bicyclic) bond motifs is 7. The summed E-state index contributed by atoms with van der Waals surface area (Å²) in [6.45, 7) is 0.942. The first kappa shape index (κ1) is 9.63. The monoisotopic (exact) mass is 265 g/mol. The van der Waals surface area contributed by atoms with Crippen molar-refractivity contribution in [2.45, 2.75) is 6.54 Å². The van der Waals surface area contributed by atoms with Gasteiger partial charge >= 0.3 is 0 Å². The summed E-state index contributed by atoms with van der Waals surface area (Å²) in [6.07, 6.45) is 9.60. The fourth-order valence-corrected chi connectivity index (χ4v) is 4.11. The Labute approximate surface area is 112 Å². The molecule has 0 unspecified atom stereocenters. The van der Waals surface area contributed by atoms with Gasteiger partial charge in [-0.2, -0.15) is 4.57 Å². The fraction of sp³-hybridized carbons (Fsp3) is 0.0714. The minimum Gasteiger partial charge on any atom is -0.300 e. The largest absolute Gasteiger partial charge is 0.300 e. The van der Waals surface area contributed by atoms with Crippen molar-refractivity contribution in [3.05, 3.63) is 48.7 Å². The Morgan fingerprint density at radius 3 is 3.16 bits per heavy atom. The van der Waals surface area contributed by atoms with E-state index >= 15 is 0 Å². The van der Waals surface area contributed by atoms with Crippen molar-refractivity contribution in [2.24, 2.45) is 0 Å². The van der Waals surface area contributed by atoms with Crippen LogP contribution in [0.15, 0.2) is 43.1 Å². The molecule has 5 rings (SSSR count). The Morgan fingerprint density at radius 2 is 2.16 bits per heavy atom. The predicted molar refractivity (Wildman–Crippen MR) is 73.1 cm³/mol. The van der Waals surface area contributed by atoms with Crippen molar-refractivity contribution in [2.75, 3.05) is 0 Å². The molecule has 0 N–H and O–H groups in total. The first-order valence-electron chi connectivity index (χ1n) is 6.12. The molecule has 4 aromatic rings. The molecule has 0 bridgehead atoms. The first-order chi connectivity index (χ1) is 9.42. The summed E-state index contributed by atoms with van der Waals surface area (Å²) in [5.41, 5.74) is 5.06. The maximum atomic E-state index is 4.25. The van der Waals surface area contributed by atoms with Crippen molar-refractivity contribution in [1.82, 2.24) is 14.4 Å². The third kappa shape index (κ3) is 1.11. The van der Waals surface area contributed by atoms with Gasteiger partial charge in [0.1, 0.15) is 0 Å². The molecule has 90 valence electrons.